The summed E-state index contributed by atoms with van der Waals surface area (Å²) < 4.78 is 5.29. The van der Waals surface area contributed by atoms with Gasteiger partial charge in [0.15, 0.2) is 0 Å². The standard InChI is InChI=1S/C19H25NO/c1-14-12-15(6-11-18(14)21-5)13-20-17-9-7-16(8-10-17)19(2,3)4/h6-12,20H,13H2,1-5H3. The molecule has 0 bridgehead atoms. The normalized spacial score (nSPS) is 11.3. The van der Waals surface area contributed by atoms with Gasteiger partial charge in [-0.25, -0.2) is 0 Å². The molecule has 0 heterocycles. The van der Waals surface area contributed by atoms with E-state index in [2.05, 4.69) is 69.4 Å². The second kappa shape index (κ2) is 6.21. The summed E-state index contributed by atoms with van der Waals surface area (Å²) in [4.78, 5) is 0. The van der Waals surface area contributed by atoms with E-state index in [9.17, 15) is 0 Å². The fourth-order valence-electron chi connectivity index (χ4n) is 2.34. The molecule has 0 amide bonds. The van der Waals surface area contributed by atoms with Crippen molar-refractivity contribution in [3.63, 3.8) is 0 Å². The minimum Gasteiger partial charge on any atom is -0.496 e. The van der Waals surface area contributed by atoms with E-state index < -0.39 is 0 Å². The summed E-state index contributed by atoms with van der Waals surface area (Å²) in [5, 5.41) is 3.46. The molecule has 0 saturated heterocycles. The topological polar surface area (TPSA) is 21.3 Å². The molecule has 1 N–H and O–H groups in total. The Balaban J connectivity index is 2.01. The molecule has 2 aromatic rings. The molecule has 0 atom stereocenters. The third-order valence-electron chi connectivity index (χ3n) is 3.71. The first-order valence-corrected chi connectivity index (χ1v) is 7.38. The van der Waals surface area contributed by atoms with Crippen molar-refractivity contribution in [1.82, 2.24) is 0 Å². The molecule has 0 aliphatic rings. The Labute approximate surface area is 128 Å². The smallest absolute Gasteiger partial charge is 0.121 e. The Morgan fingerprint density at radius 3 is 2.19 bits per heavy atom. The van der Waals surface area contributed by atoms with Crippen molar-refractivity contribution < 1.29 is 4.74 Å². The predicted octanol–water partition coefficient (Wildman–Crippen LogP) is 4.91. The summed E-state index contributed by atoms with van der Waals surface area (Å²) in [6.45, 7) is 9.58. The predicted molar refractivity (Wildman–Crippen MR) is 90.2 cm³/mol. The first-order valence-electron chi connectivity index (χ1n) is 7.38. The molecule has 2 aromatic carbocycles. The van der Waals surface area contributed by atoms with Crippen molar-refractivity contribution in [3.05, 3.63) is 59.2 Å². The maximum absolute atomic E-state index is 5.29. The van der Waals surface area contributed by atoms with Crippen LogP contribution in [0.3, 0.4) is 0 Å². The largest absolute Gasteiger partial charge is 0.496 e. The first-order chi connectivity index (χ1) is 9.90. The monoisotopic (exact) mass is 283 g/mol. The summed E-state index contributed by atoms with van der Waals surface area (Å²) in [7, 11) is 1.71. The fraction of sp³-hybridized carbons (Fsp3) is 0.368. The molecule has 0 aromatic heterocycles. The molecular weight excluding hydrogens is 258 g/mol. The van der Waals surface area contributed by atoms with Crippen molar-refractivity contribution in [2.45, 2.75) is 39.7 Å². The average Bonchev–Trinajstić information content (AvgIpc) is 2.45. The summed E-state index contributed by atoms with van der Waals surface area (Å²) >= 11 is 0. The van der Waals surface area contributed by atoms with Crippen LogP contribution in [0.25, 0.3) is 0 Å². The van der Waals surface area contributed by atoms with E-state index >= 15 is 0 Å². The highest BCUT2D eigenvalue weighted by Crippen LogP contribution is 2.24. The Morgan fingerprint density at radius 2 is 1.67 bits per heavy atom. The van der Waals surface area contributed by atoms with Gasteiger partial charge in [0.05, 0.1) is 7.11 Å². The molecule has 2 heteroatoms. The molecule has 2 nitrogen and oxygen atoms in total. The van der Waals surface area contributed by atoms with E-state index in [0.29, 0.717) is 0 Å². The van der Waals surface area contributed by atoms with Crippen LogP contribution < -0.4 is 10.1 Å². The molecule has 0 fully saturated rings. The van der Waals surface area contributed by atoms with Gasteiger partial charge < -0.3 is 10.1 Å². The lowest BCUT2D eigenvalue weighted by Crippen LogP contribution is -2.10. The van der Waals surface area contributed by atoms with Crippen LogP contribution in [-0.2, 0) is 12.0 Å². The highest BCUT2D eigenvalue weighted by molar-refractivity contribution is 5.47. The number of nitrogens with one attached hydrogen (secondary N) is 1. The minimum atomic E-state index is 0.200. The number of benzene rings is 2. The third-order valence-corrected chi connectivity index (χ3v) is 3.71. The molecule has 21 heavy (non-hydrogen) atoms. The zero-order valence-electron chi connectivity index (χ0n) is 13.7. The lowest BCUT2D eigenvalue weighted by atomic mass is 9.87. The quantitative estimate of drug-likeness (QED) is 0.860. The second-order valence-corrected chi connectivity index (χ2v) is 6.48. The Bertz CT molecular complexity index is 594. The molecular formula is C19H25NO. The van der Waals surface area contributed by atoms with E-state index in [1.165, 1.54) is 16.7 Å². The van der Waals surface area contributed by atoms with Crippen LogP contribution in [0.4, 0.5) is 5.69 Å². The first kappa shape index (κ1) is 15.4. The zero-order valence-corrected chi connectivity index (χ0v) is 13.7. The van der Waals surface area contributed by atoms with Crippen LogP contribution in [0, 0.1) is 6.92 Å². The molecule has 0 aliphatic carbocycles. The van der Waals surface area contributed by atoms with Crippen LogP contribution in [0.15, 0.2) is 42.5 Å². The Kier molecular flexibility index (Phi) is 4.56. The van der Waals surface area contributed by atoms with E-state index in [1.54, 1.807) is 7.11 Å². The fourth-order valence-corrected chi connectivity index (χ4v) is 2.34. The molecule has 2 rings (SSSR count). The number of rotatable bonds is 4. The molecule has 112 valence electrons. The summed E-state index contributed by atoms with van der Waals surface area (Å²) in [5.74, 6) is 0.938. The number of anilines is 1. The van der Waals surface area contributed by atoms with Crippen molar-refractivity contribution in [3.8, 4) is 5.75 Å². The van der Waals surface area contributed by atoms with Crippen LogP contribution in [-0.4, -0.2) is 7.11 Å². The van der Waals surface area contributed by atoms with Crippen molar-refractivity contribution in [2.75, 3.05) is 12.4 Å². The minimum absolute atomic E-state index is 0.200. The van der Waals surface area contributed by atoms with Crippen LogP contribution >= 0.6 is 0 Å². The lowest BCUT2D eigenvalue weighted by molar-refractivity contribution is 0.411. The van der Waals surface area contributed by atoms with E-state index in [4.69, 9.17) is 4.74 Å². The zero-order chi connectivity index (χ0) is 15.5. The van der Waals surface area contributed by atoms with Crippen molar-refractivity contribution in [1.29, 1.82) is 0 Å². The Hall–Kier alpha value is -1.96. The molecule has 0 radical (unpaired) electrons. The van der Waals surface area contributed by atoms with Gasteiger partial charge in [0.2, 0.25) is 0 Å². The molecule has 0 unspecified atom stereocenters. The van der Waals surface area contributed by atoms with Gasteiger partial charge in [-0.3, -0.25) is 0 Å². The number of hydrogen-bond donors (Lipinski definition) is 1. The number of methoxy groups -OCH3 is 1. The van der Waals surface area contributed by atoms with E-state index in [1.807, 2.05) is 6.07 Å². The van der Waals surface area contributed by atoms with Gasteiger partial charge in [0.1, 0.15) is 5.75 Å². The molecule has 0 saturated carbocycles. The van der Waals surface area contributed by atoms with Crippen LogP contribution in [0.2, 0.25) is 0 Å². The van der Waals surface area contributed by atoms with Crippen LogP contribution in [0.1, 0.15) is 37.5 Å². The lowest BCUT2D eigenvalue weighted by Gasteiger charge is -2.19. The number of ether oxygens (including phenoxy) is 1. The third kappa shape index (κ3) is 4.01. The highest BCUT2D eigenvalue weighted by Gasteiger charge is 2.12. The summed E-state index contributed by atoms with van der Waals surface area (Å²) in [6, 6.07) is 15.0. The van der Waals surface area contributed by atoms with E-state index in [0.717, 1.165) is 18.0 Å². The maximum Gasteiger partial charge on any atom is 0.121 e. The average molecular weight is 283 g/mol. The SMILES string of the molecule is COc1ccc(CNc2ccc(C(C)(C)C)cc2)cc1C. The van der Waals surface area contributed by atoms with Crippen molar-refractivity contribution in [2.24, 2.45) is 0 Å². The van der Waals surface area contributed by atoms with Gasteiger partial charge in [-0.15, -0.1) is 0 Å². The van der Waals surface area contributed by atoms with Gasteiger partial charge in [0, 0.05) is 12.2 Å². The van der Waals surface area contributed by atoms with Gasteiger partial charge in [-0.1, -0.05) is 45.0 Å². The number of aryl methyl sites for hydroxylation is 1. The van der Waals surface area contributed by atoms with Gasteiger partial charge in [-0.2, -0.15) is 0 Å². The molecule has 0 spiro atoms. The van der Waals surface area contributed by atoms with Gasteiger partial charge in [-0.05, 0) is 47.2 Å². The van der Waals surface area contributed by atoms with Crippen LogP contribution in [0.5, 0.6) is 5.75 Å². The Morgan fingerprint density at radius 1 is 1.00 bits per heavy atom. The number of hydrogen-bond acceptors (Lipinski definition) is 2. The van der Waals surface area contributed by atoms with Gasteiger partial charge in [0.25, 0.3) is 0 Å². The van der Waals surface area contributed by atoms with E-state index in [-0.39, 0.29) is 5.41 Å². The maximum atomic E-state index is 5.29. The summed E-state index contributed by atoms with van der Waals surface area (Å²) in [5.41, 5.74) is 5.13. The van der Waals surface area contributed by atoms with Gasteiger partial charge >= 0.3 is 0 Å². The summed E-state index contributed by atoms with van der Waals surface area (Å²) in [6.07, 6.45) is 0. The molecule has 0 aliphatic heterocycles. The second-order valence-electron chi connectivity index (χ2n) is 6.48. The highest BCUT2D eigenvalue weighted by atomic mass is 16.5. The van der Waals surface area contributed by atoms with Crippen molar-refractivity contribution >= 4 is 5.69 Å².